The quantitative estimate of drug-likeness (QED) is 0.870. The number of nitrogens with zero attached hydrogens (tertiary/aromatic N) is 1. The fourth-order valence-electron chi connectivity index (χ4n) is 1.93. The van der Waals surface area contributed by atoms with Gasteiger partial charge in [0.15, 0.2) is 0 Å². The molecule has 0 bridgehead atoms. The van der Waals surface area contributed by atoms with Crippen LogP contribution in [0.15, 0.2) is 15.9 Å². The van der Waals surface area contributed by atoms with Crippen LogP contribution in [0.1, 0.15) is 25.1 Å². The first-order valence-corrected chi connectivity index (χ1v) is 7.79. The van der Waals surface area contributed by atoms with E-state index in [1.165, 1.54) is 4.88 Å². The van der Waals surface area contributed by atoms with Crippen LogP contribution in [0.25, 0.3) is 0 Å². The Morgan fingerprint density at radius 2 is 2.22 bits per heavy atom. The van der Waals surface area contributed by atoms with E-state index in [0.29, 0.717) is 19.0 Å². The van der Waals surface area contributed by atoms with Gasteiger partial charge >= 0.3 is 0 Å². The third-order valence-electron chi connectivity index (χ3n) is 2.78. The third-order valence-corrected chi connectivity index (χ3v) is 4.46. The maximum atomic E-state index is 12.3. The van der Waals surface area contributed by atoms with Gasteiger partial charge in [-0.3, -0.25) is 4.79 Å². The van der Waals surface area contributed by atoms with Gasteiger partial charge in [-0.2, -0.15) is 0 Å². The van der Waals surface area contributed by atoms with Gasteiger partial charge in [-0.1, -0.05) is 13.8 Å². The molecule has 18 heavy (non-hydrogen) atoms. The second kappa shape index (κ2) is 7.26. The average Bonchev–Trinajstić information content (AvgIpc) is 2.70. The van der Waals surface area contributed by atoms with Crippen molar-refractivity contribution in [3.05, 3.63) is 20.8 Å². The van der Waals surface area contributed by atoms with E-state index in [2.05, 4.69) is 29.8 Å². The van der Waals surface area contributed by atoms with Gasteiger partial charge in [-0.25, -0.2) is 0 Å². The molecule has 1 amide bonds. The van der Waals surface area contributed by atoms with Gasteiger partial charge in [0.2, 0.25) is 5.91 Å². The molecule has 0 aliphatic carbocycles. The zero-order valence-corrected chi connectivity index (χ0v) is 13.6. The van der Waals surface area contributed by atoms with Crippen molar-refractivity contribution >= 4 is 33.2 Å². The first kappa shape index (κ1) is 15.7. The standard InChI is InChI=1S/C13H21BrN2OS/c1-9(2)4-10(6-15)13(17)16(3)7-12-5-11(14)8-18-12/h5,8-10H,4,6-7,15H2,1-3H3. The molecule has 0 aliphatic heterocycles. The van der Waals surface area contributed by atoms with Crippen LogP contribution in [-0.4, -0.2) is 24.4 Å². The summed E-state index contributed by atoms with van der Waals surface area (Å²) in [4.78, 5) is 15.2. The van der Waals surface area contributed by atoms with Crippen molar-refractivity contribution in [2.75, 3.05) is 13.6 Å². The molecular formula is C13H21BrN2OS. The highest BCUT2D eigenvalue weighted by molar-refractivity contribution is 9.10. The topological polar surface area (TPSA) is 46.3 Å². The molecule has 1 aromatic heterocycles. The van der Waals surface area contributed by atoms with E-state index in [-0.39, 0.29) is 11.8 Å². The van der Waals surface area contributed by atoms with Crippen molar-refractivity contribution in [3.63, 3.8) is 0 Å². The van der Waals surface area contributed by atoms with E-state index in [1.807, 2.05) is 18.5 Å². The lowest BCUT2D eigenvalue weighted by Crippen LogP contribution is -2.36. The SMILES string of the molecule is CC(C)CC(CN)C(=O)N(C)Cc1cc(Br)cs1. The van der Waals surface area contributed by atoms with Crippen molar-refractivity contribution in [1.82, 2.24) is 4.90 Å². The van der Waals surface area contributed by atoms with Gasteiger partial charge in [-0.05, 0) is 34.3 Å². The summed E-state index contributed by atoms with van der Waals surface area (Å²) in [6.45, 7) is 5.32. The maximum absolute atomic E-state index is 12.3. The van der Waals surface area contributed by atoms with E-state index in [1.54, 1.807) is 16.2 Å². The highest BCUT2D eigenvalue weighted by atomic mass is 79.9. The number of hydrogen-bond acceptors (Lipinski definition) is 3. The number of carbonyl (C=O) groups excluding carboxylic acids is 1. The summed E-state index contributed by atoms with van der Waals surface area (Å²) in [7, 11) is 1.85. The second-order valence-corrected chi connectivity index (χ2v) is 6.90. The molecule has 1 atom stereocenters. The molecule has 5 heteroatoms. The van der Waals surface area contributed by atoms with E-state index in [4.69, 9.17) is 5.73 Å². The number of nitrogens with two attached hydrogens (primary N) is 1. The second-order valence-electron chi connectivity index (χ2n) is 4.99. The summed E-state index contributed by atoms with van der Waals surface area (Å²) in [6, 6.07) is 2.05. The minimum atomic E-state index is -0.0570. The maximum Gasteiger partial charge on any atom is 0.227 e. The predicted molar refractivity (Wildman–Crippen MR) is 80.5 cm³/mol. The highest BCUT2D eigenvalue weighted by Gasteiger charge is 2.22. The summed E-state index contributed by atoms with van der Waals surface area (Å²) in [5.41, 5.74) is 5.70. The van der Waals surface area contributed by atoms with Crippen LogP contribution in [0.5, 0.6) is 0 Å². The zero-order valence-electron chi connectivity index (χ0n) is 11.1. The first-order valence-electron chi connectivity index (χ1n) is 6.12. The molecule has 1 rings (SSSR count). The Morgan fingerprint density at radius 1 is 1.56 bits per heavy atom. The monoisotopic (exact) mass is 332 g/mol. The molecule has 0 radical (unpaired) electrons. The van der Waals surface area contributed by atoms with E-state index in [9.17, 15) is 4.79 Å². The van der Waals surface area contributed by atoms with Crippen LogP contribution in [0, 0.1) is 11.8 Å². The molecule has 3 nitrogen and oxygen atoms in total. The number of hydrogen-bond donors (Lipinski definition) is 1. The lowest BCUT2D eigenvalue weighted by Gasteiger charge is -2.23. The van der Waals surface area contributed by atoms with Crippen molar-refractivity contribution < 1.29 is 4.79 Å². The van der Waals surface area contributed by atoms with Gasteiger partial charge in [0.1, 0.15) is 0 Å². The minimum absolute atomic E-state index is 0.0570. The Hall–Kier alpha value is -0.390. The summed E-state index contributed by atoms with van der Waals surface area (Å²) in [5.74, 6) is 0.584. The molecule has 1 aromatic rings. The zero-order chi connectivity index (χ0) is 13.7. The predicted octanol–water partition coefficient (Wildman–Crippen LogP) is 3.09. The lowest BCUT2D eigenvalue weighted by molar-refractivity contribution is -0.134. The van der Waals surface area contributed by atoms with Gasteiger partial charge in [-0.15, -0.1) is 11.3 Å². The van der Waals surface area contributed by atoms with Gasteiger partial charge in [0.05, 0.1) is 12.5 Å². The Morgan fingerprint density at radius 3 is 2.67 bits per heavy atom. The smallest absolute Gasteiger partial charge is 0.227 e. The molecule has 0 spiro atoms. The van der Waals surface area contributed by atoms with Crippen molar-refractivity contribution in [2.24, 2.45) is 17.6 Å². The Bertz CT molecular complexity index is 392. The molecule has 0 fully saturated rings. The fraction of sp³-hybridized carbons (Fsp3) is 0.615. The molecule has 1 heterocycles. The number of amides is 1. The summed E-state index contributed by atoms with van der Waals surface area (Å²) >= 11 is 5.08. The summed E-state index contributed by atoms with van der Waals surface area (Å²) < 4.78 is 1.07. The first-order chi connectivity index (χ1) is 8.43. The number of thiophene rings is 1. The number of rotatable bonds is 6. The largest absolute Gasteiger partial charge is 0.340 e. The Labute approximate surface area is 121 Å². The van der Waals surface area contributed by atoms with Gasteiger partial charge in [0.25, 0.3) is 0 Å². The van der Waals surface area contributed by atoms with E-state index >= 15 is 0 Å². The molecule has 0 saturated carbocycles. The van der Waals surface area contributed by atoms with E-state index in [0.717, 1.165) is 10.9 Å². The fourth-order valence-corrected chi connectivity index (χ4v) is 3.43. The summed E-state index contributed by atoms with van der Waals surface area (Å²) in [6.07, 6.45) is 0.855. The third kappa shape index (κ3) is 4.71. The highest BCUT2D eigenvalue weighted by Crippen LogP contribution is 2.22. The minimum Gasteiger partial charge on any atom is -0.340 e. The summed E-state index contributed by atoms with van der Waals surface area (Å²) in [5, 5.41) is 2.03. The van der Waals surface area contributed by atoms with Crippen LogP contribution >= 0.6 is 27.3 Å². The van der Waals surface area contributed by atoms with Crippen LogP contribution in [-0.2, 0) is 11.3 Å². The average molecular weight is 333 g/mol. The molecule has 0 aromatic carbocycles. The van der Waals surface area contributed by atoms with Crippen LogP contribution in [0.3, 0.4) is 0 Å². The van der Waals surface area contributed by atoms with Gasteiger partial charge < -0.3 is 10.6 Å². The van der Waals surface area contributed by atoms with E-state index < -0.39 is 0 Å². The molecule has 0 aliphatic rings. The molecular weight excluding hydrogens is 312 g/mol. The van der Waals surface area contributed by atoms with Crippen LogP contribution in [0.4, 0.5) is 0 Å². The molecule has 2 N–H and O–H groups in total. The normalized spacial score (nSPS) is 12.8. The van der Waals surface area contributed by atoms with Gasteiger partial charge in [0, 0.05) is 28.3 Å². The van der Waals surface area contributed by atoms with Crippen LogP contribution in [0.2, 0.25) is 0 Å². The number of halogens is 1. The lowest BCUT2D eigenvalue weighted by atomic mass is 9.96. The van der Waals surface area contributed by atoms with Crippen molar-refractivity contribution in [3.8, 4) is 0 Å². The molecule has 0 saturated heterocycles. The Kier molecular flexibility index (Phi) is 6.32. The van der Waals surface area contributed by atoms with Crippen LogP contribution < -0.4 is 5.73 Å². The van der Waals surface area contributed by atoms with Crippen molar-refractivity contribution in [1.29, 1.82) is 0 Å². The molecule has 1 unspecified atom stereocenters. The van der Waals surface area contributed by atoms with Crippen molar-refractivity contribution in [2.45, 2.75) is 26.8 Å². The Balaban J connectivity index is 2.59. The molecule has 102 valence electrons. The number of carbonyl (C=O) groups is 1.